The van der Waals surface area contributed by atoms with Crippen LogP contribution < -0.4 is 0 Å². The molecule has 9 heavy (non-hydrogen) atoms. The molecule has 0 aliphatic heterocycles. The van der Waals surface area contributed by atoms with Gasteiger partial charge in [-0.1, -0.05) is 43.4 Å². The molecule has 0 amide bonds. The molecule has 0 bridgehead atoms. The van der Waals surface area contributed by atoms with Crippen molar-refractivity contribution in [2.75, 3.05) is 0 Å². The molecular weight excluding hydrogens is 108 g/mol. The summed E-state index contributed by atoms with van der Waals surface area (Å²) in [5.41, 5.74) is 0. The first-order valence-corrected chi connectivity index (χ1v) is 3.36. The maximum atomic E-state index is 2.12. The van der Waals surface area contributed by atoms with Crippen molar-refractivity contribution in [1.29, 1.82) is 0 Å². The number of rotatable bonds is 3. The zero-order valence-electron chi connectivity index (χ0n) is 6.17. The van der Waals surface area contributed by atoms with Gasteiger partial charge < -0.3 is 0 Å². The fourth-order valence-corrected chi connectivity index (χ4v) is 0.454. The summed E-state index contributed by atoms with van der Waals surface area (Å²) >= 11 is 0. The van der Waals surface area contributed by atoms with Crippen LogP contribution in [-0.4, -0.2) is 0 Å². The lowest BCUT2D eigenvalue weighted by Crippen LogP contribution is -1.51. The molecule has 0 aromatic heterocycles. The van der Waals surface area contributed by atoms with Gasteiger partial charge in [-0.25, -0.2) is 0 Å². The van der Waals surface area contributed by atoms with Crippen LogP contribution in [0.3, 0.4) is 0 Å². The van der Waals surface area contributed by atoms with Gasteiger partial charge in [-0.2, -0.15) is 0 Å². The van der Waals surface area contributed by atoms with Crippen LogP contribution in [0.25, 0.3) is 0 Å². The number of hydrogen-bond acceptors (Lipinski definition) is 0. The maximum absolute atomic E-state index is 2.12. The van der Waals surface area contributed by atoms with Crippen molar-refractivity contribution in [3.63, 3.8) is 0 Å². The molecule has 0 rings (SSSR count). The molecule has 0 heterocycles. The zero-order chi connectivity index (χ0) is 6.95. The van der Waals surface area contributed by atoms with Crippen LogP contribution in [0.4, 0.5) is 0 Å². The highest BCUT2D eigenvalue weighted by atomic mass is 13.7. The maximum Gasteiger partial charge on any atom is -0.0376 e. The van der Waals surface area contributed by atoms with Gasteiger partial charge in [0.2, 0.25) is 0 Å². The van der Waals surface area contributed by atoms with Crippen LogP contribution in [0, 0.1) is 0 Å². The molecule has 0 aromatic carbocycles. The third-order valence-corrected chi connectivity index (χ3v) is 0.898. The van der Waals surface area contributed by atoms with Gasteiger partial charge in [0.15, 0.2) is 0 Å². The first-order valence-electron chi connectivity index (χ1n) is 3.36. The van der Waals surface area contributed by atoms with E-state index in [2.05, 4.69) is 19.1 Å². The molecule has 0 heteroatoms. The minimum Gasteiger partial charge on any atom is -0.0877 e. The molecule has 0 fully saturated rings. The fraction of sp³-hybridized carbons (Fsp3) is 0.333. The predicted octanol–water partition coefficient (Wildman–Crippen LogP) is 3.08. The van der Waals surface area contributed by atoms with Crippen molar-refractivity contribution < 1.29 is 0 Å². The van der Waals surface area contributed by atoms with Gasteiger partial charge in [0.05, 0.1) is 0 Å². The second kappa shape index (κ2) is 7.22. The van der Waals surface area contributed by atoms with E-state index in [1.54, 1.807) is 0 Å². The van der Waals surface area contributed by atoms with Gasteiger partial charge in [0.25, 0.3) is 0 Å². The van der Waals surface area contributed by atoms with Crippen molar-refractivity contribution in [3.05, 3.63) is 36.5 Å². The van der Waals surface area contributed by atoms with E-state index in [9.17, 15) is 0 Å². The molecule has 0 saturated heterocycles. The van der Waals surface area contributed by atoms with E-state index < -0.39 is 0 Å². The van der Waals surface area contributed by atoms with Gasteiger partial charge in [0, 0.05) is 0 Å². The average Bonchev–Trinajstić information content (AvgIpc) is 1.89. The molecule has 0 unspecified atom stereocenters. The third-order valence-electron chi connectivity index (χ3n) is 0.898. The van der Waals surface area contributed by atoms with Gasteiger partial charge in [-0.05, 0) is 13.3 Å². The van der Waals surface area contributed by atoms with Crippen LogP contribution in [0.1, 0.15) is 20.3 Å². The van der Waals surface area contributed by atoms with Gasteiger partial charge in [0.1, 0.15) is 0 Å². The van der Waals surface area contributed by atoms with Crippen LogP contribution in [0.2, 0.25) is 0 Å². The molecule has 0 aliphatic rings. The minimum absolute atomic E-state index is 1.11. The molecule has 0 spiro atoms. The Kier molecular flexibility index (Phi) is 6.59. The lowest BCUT2D eigenvalue weighted by Gasteiger charge is -1.72. The predicted molar refractivity (Wildman–Crippen MR) is 43.4 cm³/mol. The summed E-state index contributed by atoms with van der Waals surface area (Å²) in [6, 6.07) is 0. The standard InChI is InChI=1S/C9H14/c1-3-5-7-9-8-6-4-2/h3,5-9H,4H2,1-2H3. The largest absolute Gasteiger partial charge is 0.0877 e. The van der Waals surface area contributed by atoms with Crippen LogP contribution >= 0.6 is 0 Å². The van der Waals surface area contributed by atoms with Gasteiger partial charge in [-0.15, -0.1) is 0 Å². The summed E-state index contributed by atoms with van der Waals surface area (Å²) in [5.74, 6) is 0. The monoisotopic (exact) mass is 122 g/mol. The van der Waals surface area contributed by atoms with Crippen molar-refractivity contribution >= 4 is 0 Å². The van der Waals surface area contributed by atoms with E-state index in [-0.39, 0.29) is 0 Å². The lowest BCUT2D eigenvalue weighted by molar-refractivity contribution is 1.22. The Morgan fingerprint density at radius 1 is 1.00 bits per heavy atom. The molecule has 0 N–H and O–H groups in total. The molecule has 0 aromatic rings. The Hall–Kier alpha value is -0.780. The molecule has 0 atom stereocenters. The van der Waals surface area contributed by atoms with Crippen LogP contribution in [-0.2, 0) is 0 Å². The van der Waals surface area contributed by atoms with Gasteiger partial charge in [-0.3, -0.25) is 0 Å². The highest BCUT2D eigenvalue weighted by Crippen LogP contribution is 1.82. The quantitative estimate of drug-likeness (QED) is 0.504. The zero-order valence-corrected chi connectivity index (χ0v) is 6.17. The summed E-state index contributed by atoms with van der Waals surface area (Å²) in [6.07, 6.45) is 13.4. The highest BCUT2D eigenvalue weighted by molar-refractivity contribution is 5.10. The van der Waals surface area contributed by atoms with Crippen LogP contribution in [0.15, 0.2) is 36.5 Å². The van der Waals surface area contributed by atoms with E-state index in [4.69, 9.17) is 0 Å². The average molecular weight is 122 g/mol. The molecule has 50 valence electrons. The van der Waals surface area contributed by atoms with E-state index in [1.165, 1.54) is 0 Å². The Morgan fingerprint density at radius 2 is 1.67 bits per heavy atom. The molecular formula is C9H14. The number of hydrogen-bond donors (Lipinski definition) is 0. The summed E-state index contributed by atoms with van der Waals surface area (Å²) in [4.78, 5) is 0. The smallest absolute Gasteiger partial charge is 0.0376 e. The van der Waals surface area contributed by atoms with E-state index >= 15 is 0 Å². The summed E-state index contributed by atoms with van der Waals surface area (Å²) in [5, 5.41) is 0. The van der Waals surface area contributed by atoms with Crippen LogP contribution in [0.5, 0.6) is 0 Å². The third kappa shape index (κ3) is 7.22. The summed E-state index contributed by atoms with van der Waals surface area (Å²) < 4.78 is 0. The topological polar surface area (TPSA) is 0 Å². The first kappa shape index (κ1) is 8.22. The van der Waals surface area contributed by atoms with Crippen molar-refractivity contribution in [3.8, 4) is 0 Å². The first-order chi connectivity index (χ1) is 4.41. The van der Waals surface area contributed by atoms with Crippen molar-refractivity contribution in [2.24, 2.45) is 0 Å². The van der Waals surface area contributed by atoms with E-state index in [1.807, 2.05) is 31.2 Å². The highest BCUT2D eigenvalue weighted by Gasteiger charge is 1.60. The number of allylic oxidation sites excluding steroid dienone is 6. The van der Waals surface area contributed by atoms with Crippen molar-refractivity contribution in [1.82, 2.24) is 0 Å². The van der Waals surface area contributed by atoms with E-state index in [0.29, 0.717) is 0 Å². The Morgan fingerprint density at radius 3 is 2.22 bits per heavy atom. The molecule has 0 saturated carbocycles. The van der Waals surface area contributed by atoms with E-state index in [0.717, 1.165) is 6.42 Å². The normalized spacial score (nSPS) is 12.7. The molecule has 0 aliphatic carbocycles. The van der Waals surface area contributed by atoms with Gasteiger partial charge >= 0.3 is 0 Å². The Labute approximate surface area is 57.6 Å². The molecule has 0 nitrogen and oxygen atoms in total. The minimum atomic E-state index is 1.11. The summed E-state index contributed by atoms with van der Waals surface area (Å²) in [6.45, 7) is 4.13. The SMILES string of the molecule is CC=CC=CC=CCC. The van der Waals surface area contributed by atoms with Crippen molar-refractivity contribution in [2.45, 2.75) is 20.3 Å². The molecule has 0 radical (unpaired) electrons. The Bertz CT molecular complexity index is 116. The fourth-order valence-electron chi connectivity index (χ4n) is 0.454. The second-order valence-corrected chi connectivity index (χ2v) is 1.75. The summed E-state index contributed by atoms with van der Waals surface area (Å²) in [7, 11) is 0. The lowest BCUT2D eigenvalue weighted by atomic mass is 10.4. The Balaban J connectivity index is 3.35. The second-order valence-electron chi connectivity index (χ2n) is 1.75.